The second-order valence-electron chi connectivity index (χ2n) is 8.26. The Labute approximate surface area is 141 Å². The van der Waals surface area contributed by atoms with Gasteiger partial charge in [-0.25, -0.2) is 0 Å². The van der Waals surface area contributed by atoms with E-state index in [9.17, 15) is 9.90 Å². The van der Waals surface area contributed by atoms with E-state index in [-0.39, 0.29) is 14.9 Å². The first-order valence-electron chi connectivity index (χ1n) is 9.42. The van der Waals surface area contributed by atoms with Gasteiger partial charge in [0.2, 0.25) is 0 Å². The van der Waals surface area contributed by atoms with Crippen LogP contribution in [-0.4, -0.2) is 20.4 Å². The molecule has 3 aliphatic rings. The van der Waals surface area contributed by atoms with Crippen LogP contribution in [0, 0.1) is 17.3 Å². The molecule has 1 N–H and O–H groups in total. The Balaban J connectivity index is 1.76. The Bertz CT molecular complexity index is 653. The summed E-state index contributed by atoms with van der Waals surface area (Å²) >= 11 is 0. The smallest absolute Gasteiger partial charge is 0.139 e. The predicted molar refractivity (Wildman–Crippen MR) is 96.4 cm³/mol. The molecule has 0 radical (unpaired) electrons. The summed E-state index contributed by atoms with van der Waals surface area (Å²) in [6.07, 6.45) is 6.48. The van der Waals surface area contributed by atoms with Crippen LogP contribution in [0.4, 0.5) is 0 Å². The zero-order chi connectivity index (χ0) is 16.2. The number of aryl methyl sites for hydroxylation is 1. The molecule has 2 nitrogen and oxygen atoms in total. The first-order valence-corrected chi connectivity index (χ1v) is 11.1. The Hall–Kier alpha value is -1.09. The lowest BCUT2D eigenvalue weighted by Gasteiger charge is -2.48. The van der Waals surface area contributed by atoms with E-state index < -0.39 is 0 Å². The zero-order valence-corrected chi connectivity index (χ0v) is 15.8. The van der Waals surface area contributed by atoms with Crippen LogP contribution in [0.5, 0.6) is 5.75 Å². The quantitative estimate of drug-likeness (QED) is 0.847. The van der Waals surface area contributed by atoms with Crippen LogP contribution in [0.25, 0.3) is 0 Å². The highest BCUT2D eigenvalue weighted by Gasteiger charge is 2.54. The van der Waals surface area contributed by atoms with Gasteiger partial charge in [0, 0.05) is 11.8 Å². The Kier molecular flexibility index (Phi) is 3.67. The van der Waals surface area contributed by atoms with Crippen molar-refractivity contribution in [2.24, 2.45) is 17.3 Å². The monoisotopic (exact) mass is 328 g/mol. The number of Topliss-reactive ketones (excluding diaryl/α,β-unsaturated/α-hetero) is 1. The first-order chi connectivity index (χ1) is 11.0. The molecule has 0 unspecified atom stereocenters. The summed E-state index contributed by atoms with van der Waals surface area (Å²) in [5.41, 5.74) is 2.99. The molecule has 0 heterocycles. The van der Waals surface area contributed by atoms with Crippen LogP contribution in [0.15, 0.2) is 12.1 Å². The molecule has 2 saturated carbocycles. The molecule has 3 heteroatoms. The number of fused-ring (bicyclic) bond motifs is 5. The van der Waals surface area contributed by atoms with Gasteiger partial charge in [-0.3, -0.25) is 4.79 Å². The molecule has 0 bridgehead atoms. The van der Waals surface area contributed by atoms with E-state index >= 15 is 0 Å². The zero-order valence-electron chi connectivity index (χ0n) is 14.4. The van der Waals surface area contributed by atoms with E-state index in [4.69, 9.17) is 0 Å². The van der Waals surface area contributed by atoms with Crippen LogP contribution in [0.2, 0.25) is 6.04 Å². The van der Waals surface area contributed by atoms with Crippen LogP contribution in [-0.2, 0) is 11.2 Å². The van der Waals surface area contributed by atoms with Crippen molar-refractivity contribution in [2.75, 3.05) is 0 Å². The highest BCUT2D eigenvalue weighted by atomic mass is 28.2. The van der Waals surface area contributed by atoms with Gasteiger partial charge in [0.15, 0.2) is 0 Å². The number of benzene rings is 1. The molecule has 0 spiro atoms. The van der Waals surface area contributed by atoms with Gasteiger partial charge in [0.1, 0.15) is 11.5 Å². The van der Waals surface area contributed by atoms with Gasteiger partial charge in [-0.1, -0.05) is 25.1 Å². The van der Waals surface area contributed by atoms with E-state index in [0.717, 1.165) is 25.7 Å². The predicted octanol–water partition coefficient (Wildman–Crippen LogP) is 3.05. The van der Waals surface area contributed by atoms with Gasteiger partial charge < -0.3 is 5.11 Å². The normalized spacial score (nSPS) is 36.1. The second-order valence-corrected chi connectivity index (χ2v) is 10.5. The summed E-state index contributed by atoms with van der Waals surface area (Å²) in [4.78, 5) is 12.4. The minimum atomic E-state index is -0.279. The second kappa shape index (κ2) is 5.47. The minimum Gasteiger partial charge on any atom is -0.508 e. The van der Waals surface area contributed by atoms with E-state index in [1.54, 1.807) is 5.56 Å². The number of carbonyl (C=O) groups is 1. The van der Waals surface area contributed by atoms with Crippen LogP contribution in [0.3, 0.4) is 0 Å². The van der Waals surface area contributed by atoms with E-state index in [1.807, 2.05) is 6.07 Å². The molecule has 124 valence electrons. The third-order valence-corrected chi connectivity index (χ3v) is 8.74. The van der Waals surface area contributed by atoms with E-state index in [0.29, 0.717) is 29.3 Å². The molecule has 3 aliphatic carbocycles. The highest BCUT2D eigenvalue weighted by Crippen LogP contribution is 2.59. The van der Waals surface area contributed by atoms with Gasteiger partial charge in [0.05, 0.1) is 9.52 Å². The molecule has 0 amide bonds. The summed E-state index contributed by atoms with van der Waals surface area (Å²) in [6.45, 7) is 4.52. The summed E-state index contributed by atoms with van der Waals surface area (Å²) in [6, 6.07) is 5.34. The number of carbonyl (C=O) groups excluding carboxylic acids is 1. The summed E-state index contributed by atoms with van der Waals surface area (Å²) < 4.78 is 0. The lowest BCUT2D eigenvalue weighted by molar-refractivity contribution is -0.129. The number of rotatable bonds is 2. The molecule has 0 aliphatic heterocycles. The summed E-state index contributed by atoms with van der Waals surface area (Å²) in [5, 5.41) is 11.6. The van der Waals surface area contributed by atoms with Gasteiger partial charge in [0.25, 0.3) is 0 Å². The maximum atomic E-state index is 12.4. The Morgan fingerprint density at radius 1 is 1.26 bits per heavy atom. The maximum Gasteiger partial charge on any atom is 0.139 e. The van der Waals surface area contributed by atoms with Crippen LogP contribution >= 0.6 is 0 Å². The SMILES string of the molecule is CC[SiH2]c1cc(O)cc2c1[C@H]1CC[C@]3(C)C(=O)CC[C@H]3[C@@H]1CC2. The molecular formula is C20H28O2Si. The van der Waals surface area contributed by atoms with Crippen molar-refractivity contribution in [2.45, 2.75) is 64.3 Å². The van der Waals surface area contributed by atoms with Crippen LogP contribution < -0.4 is 5.19 Å². The average Bonchev–Trinajstić information content (AvgIpc) is 2.82. The molecule has 23 heavy (non-hydrogen) atoms. The van der Waals surface area contributed by atoms with Gasteiger partial charge in [-0.05, 0) is 73.1 Å². The number of hydrogen-bond donors (Lipinski definition) is 1. The molecule has 2 fully saturated rings. The Morgan fingerprint density at radius 3 is 2.87 bits per heavy atom. The lowest BCUT2D eigenvalue weighted by Crippen LogP contribution is -2.44. The number of aromatic hydroxyl groups is 1. The number of hydrogen-bond acceptors (Lipinski definition) is 2. The average molecular weight is 329 g/mol. The fraction of sp³-hybridized carbons (Fsp3) is 0.650. The Morgan fingerprint density at radius 2 is 2.09 bits per heavy atom. The molecule has 4 rings (SSSR count). The lowest BCUT2D eigenvalue weighted by atomic mass is 9.55. The molecule has 0 aromatic heterocycles. The van der Waals surface area contributed by atoms with Gasteiger partial charge in [-0.2, -0.15) is 0 Å². The maximum absolute atomic E-state index is 12.4. The number of ketones is 1. The van der Waals surface area contributed by atoms with E-state index in [2.05, 4.69) is 19.9 Å². The third kappa shape index (κ3) is 2.23. The highest BCUT2D eigenvalue weighted by molar-refractivity contribution is 6.54. The summed E-state index contributed by atoms with van der Waals surface area (Å²) in [7, 11) is -0.279. The fourth-order valence-corrected chi connectivity index (χ4v) is 7.71. The topological polar surface area (TPSA) is 37.3 Å². The van der Waals surface area contributed by atoms with Gasteiger partial charge >= 0.3 is 0 Å². The summed E-state index contributed by atoms with van der Waals surface area (Å²) in [5.74, 6) is 2.95. The van der Waals surface area contributed by atoms with Crippen molar-refractivity contribution in [1.29, 1.82) is 0 Å². The molecular weight excluding hydrogens is 300 g/mol. The van der Waals surface area contributed by atoms with Crippen LogP contribution in [0.1, 0.15) is 63.0 Å². The molecule has 1 aromatic carbocycles. The van der Waals surface area contributed by atoms with Crippen molar-refractivity contribution in [3.05, 3.63) is 23.3 Å². The molecule has 4 atom stereocenters. The van der Waals surface area contributed by atoms with Crippen molar-refractivity contribution in [3.8, 4) is 5.75 Å². The third-order valence-electron chi connectivity index (χ3n) is 7.12. The van der Waals surface area contributed by atoms with Crippen molar-refractivity contribution in [1.82, 2.24) is 0 Å². The minimum absolute atomic E-state index is 0.0298. The first kappa shape index (κ1) is 15.4. The van der Waals surface area contributed by atoms with Gasteiger partial charge in [-0.15, -0.1) is 0 Å². The largest absolute Gasteiger partial charge is 0.508 e. The standard InChI is InChI=1S/C20H28O2Si/c1-3-23-17-11-13(21)10-12-4-5-14-15(19(12)17)8-9-20(2)16(14)6-7-18(20)22/h10-11,14-16,21H,3-9,23H2,1-2H3/t14-,15+,16+,20+/m1/s1. The molecule has 0 saturated heterocycles. The number of phenolic OH excluding ortho intramolecular Hbond substituents is 1. The van der Waals surface area contributed by atoms with Crippen molar-refractivity contribution < 1.29 is 9.90 Å². The molecule has 1 aromatic rings. The van der Waals surface area contributed by atoms with Crippen molar-refractivity contribution >= 4 is 20.5 Å². The number of phenols is 1. The van der Waals surface area contributed by atoms with E-state index in [1.165, 1.54) is 29.6 Å². The fourth-order valence-electron chi connectivity index (χ4n) is 6.06. The van der Waals surface area contributed by atoms with Crippen molar-refractivity contribution in [3.63, 3.8) is 0 Å².